The zero-order valence-electron chi connectivity index (χ0n) is 6.45. The molecule has 1 atom stereocenters. The summed E-state index contributed by atoms with van der Waals surface area (Å²) in [6.45, 7) is 2.04. The van der Waals surface area contributed by atoms with Gasteiger partial charge in [0.15, 0.2) is 0 Å². The SMILES string of the molecule is CCC[C@@H](N)c1nc(N)no1. The van der Waals surface area contributed by atoms with Gasteiger partial charge in [0.25, 0.3) is 5.95 Å². The molecule has 0 radical (unpaired) electrons. The molecule has 0 unspecified atom stereocenters. The van der Waals surface area contributed by atoms with Gasteiger partial charge in [0, 0.05) is 0 Å². The van der Waals surface area contributed by atoms with E-state index in [1.807, 2.05) is 6.92 Å². The summed E-state index contributed by atoms with van der Waals surface area (Å²) in [5, 5.41) is 3.43. The Morgan fingerprint density at radius 2 is 2.36 bits per heavy atom. The van der Waals surface area contributed by atoms with E-state index < -0.39 is 0 Å². The maximum atomic E-state index is 5.67. The van der Waals surface area contributed by atoms with Crippen molar-refractivity contribution in [2.24, 2.45) is 5.73 Å². The summed E-state index contributed by atoms with van der Waals surface area (Å²) < 4.78 is 4.77. The molecule has 0 aliphatic rings. The van der Waals surface area contributed by atoms with Crippen LogP contribution in [0.4, 0.5) is 5.95 Å². The molecule has 0 aliphatic heterocycles. The van der Waals surface area contributed by atoms with E-state index in [9.17, 15) is 0 Å². The monoisotopic (exact) mass is 156 g/mol. The lowest BCUT2D eigenvalue weighted by atomic mass is 10.2. The number of nitrogens with zero attached hydrogens (tertiary/aromatic N) is 2. The summed E-state index contributed by atoms with van der Waals surface area (Å²) in [7, 11) is 0. The van der Waals surface area contributed by atoms with Crippen LogP contribution in [0.25, 0.3) is 0 Å². The van der Waals surface area contributed by atoms with Crippen molar-refractivity contribution in [3.63, 3.8) is 0 Å². The number of anilines is 1. The molecule has 0 amide bonds. The first-order valence-corrected chi connectivity index (χ1v) is 3.58. The molecule has 5 nitrogen and oxygen atoms in total. The van der Waals surface area contributed by atoms with Gasteiger partial charge in [0.2, 0.25) is 5.89 Å². The zero-order valence-corrected chi connectivity index (χ0v) is 6.45. The lowest BCUT2D eigenvalue weighted by Gasteiger charge is -2.01. The number of aromatic nitrogens is 2. The van der Waals surface area contributed by atoms with Gasteiger partial charge in [-0.1, -0.05) is 13.3 Å². The number of nitrogen functional groups attached to an aromatic ring is 1. The third-order valence-electron chi connectivity index (χ3n) is 1.37. The molecular weight excluding hydrogens is 144 g/mol. The second-order valence-corrected chi connectivity index (χ2v) is 2.39. The molecule has 5 heteroatoms. The lowest BCUT2D eigenvalue weighted by molar-refractivity contribution is 0.348. The fourth-order valence-corrected chi connectivity index (χ4v) is 0.832. The standard InChI is InChI=1S/C6H12N4O/c1-2-3-4(7)5-9-6(8)10-11-5/h4H,2-3,7H2,1H3,(H2,8,10)/t4-/m1/s1. The Bertz CT molecular complexity index is 222. The quantitative estimate of drug-likeness (QED) is 0.663. The minimum absolute atomic E-state index is 0.145. The topological polar surface area (TPSA) is 91.0 Å². The van der Waals surface area contributed by atoms with Gasteiger partial charge in [-0.05, 0) is 11.6 Å². The Balaban J connectivity index is 2.60. The van der Waals surface area contributed by atoms with Gasteiger partial charge in [0.1, 0.15) is 0 Å². The van der Waals surface area contributed by atoms with E-state index in [-0.39, 0.29) is 12.0 Å². The van der Waals surface area contributed by atoms with Gasteiger partial charge in [-0.2, -0.15) is 4.98 Å². The number of nitrogens with two attached hydrogens (primary N) is 2. The summed E-state index contributed by atoms with van der Waals surface area (Å²) in [5.74, 6) is 0.566. The van der Waals surface area contributed by atoms with E-state index >= 15 is 0 Å². The summed E-state index contributed by atoms with van der Waals surface area (Å²) in [6, 6.07) is -0.176. The molecule has 4 N–H and O–H groups in total. The Kier molecular flexibility index (Phi) is 2.43. The highest BCUT2D eigenvalue weighted by molar-refractivity contribution is 5.11. The number of hydrogen-bond acceptors (Lipinski definition) is 5. The predicted molar refractivity (Wildman–Crippen MR) is 40.5 cm³/mol. The van der Waals surface area contributed by atoms with E-state index in [1.54, 1.807) is 0 Å². The van der Waals surface area contributed by atoms with Gasteiger partial charge >= 0.3 is 0 Å². The maximum absolute atomic E-state index is 5.67. The molecule has 0 bridgehead atoms. The van der Waals surface area contributed by atoms with Crippen molar-refractivity contribution in [2.75, 3.05) is 5.73 Å². The van der Waals surface area contributed by atoms with Gasteiger partial charge < -0.3 is 16.0 Å². The Hall–Kier alpha value is -1.10. The van der Waals surface area contributed by atoms with Crippen molar-refractivity contribution >= 4 is 5.95 Å². The number of rotatable bonds is 3. The third-order valence-corrected chi connectivity index (χ3v) is 1.37. The van der Waals surface area contributed by atoms with Crippen LogP contribution in [0.15, 0.2) is 4.52 Å². The molecule has 1 aromatic heterocycles. The molecule has 0 saturated heterocycles. The Morgan fingerprint density at radius 3 is 2.82 bits per heavy atom. The molecule has 62 valence electrons. The van der Waals surface area contributed by atoms with Crippen molar-refractivity contribution in [1.82, 2.24) is 10.1 Å². The highest BCUT2D eigenvalue weighted by atomic mass is 16.5. The van der Waals surface area contributed by atoms with Gasteiger partial charge in [-0.25, -0.2) is 0 Å². The predicted octanol–water partition coefficient (Wildman–Crippen LogP) is 0.452. The second-order valence-electron chi connectivity index (χ2n) is 2.39. The maximum Gasteiger partial charge on any atom is 0.260 e. The summed E-state index contributed by atoms with van der Waals surface area (Å²) >= 11 is 0. The molecule has 11 heavy (non-hydrogen) atoms. The van der Waals surface area contributed by atoms with Crippen LogP contribution in [0, 0.1) is 0 Å². The lowest BCUT2D eigenvalue weighted by Crippen LogP contribution is -2.10. The average molecular weight is 156 g/mol. The van der Waals surface area contributed by atoms with E-state index in [1.165, 1.54) is 0 Å². The van der Waals surface area contributed by atoms with Crippen LogP contribution < -0.4 is 11.5 Å². The Labute approximate surface area is 64.8 Å². The smallest absolute Gasteiger partial charge is 0.260 e. The summed E-state index contributed by atoms with van der Waals surface area (Å²) in [6.07, 6.45) is 1.82. The van der Waals surface area contributed by atoms with Crippen molar-refractivity contribution in [1.29, 1.82) is 0 Å². The molecule has 0 aromatic carbocycles. The molecule has 0 spiro atoms. The van der Waals surface area contributed by atoms with E-state index in [4.69, 9.17) is 16.0 Å². The van der Waals surface area contributed by atoms with Gasteiger partial charge in [-0.15, -0.1) is 0 Å². The van der Waals surface area contributed by atoms with Crippen LogP contribution >= 0.6 is 0 Å². The number of hydrogen-bond donors (Lipinski definition) is 2. The van der Waals surface area contributed by atoms with Crippen LogP contribution in [0.5, 0.6) is 0 Å². The Morgan fingerprint density at radius 1 is 1.64 bits per heavy atom. The van der Waals surface area contributed by atoms with Crippen LogP contribution in [-0.2, 0) is 0 Å². The molecule has 0 aliphatic carbocycles. The highest BCUT2D eigenvalue weighted by Gasteiger charge is 2.11. The minimum atomic E-state index is -0.176. The molecular formula is C6H12N4O. The van der Waals surface area contributed by atoms with E-state index in [2.05, 4.69) is 10.1 Å². The van der Waals surface area contributed by atoms with Crippen molar-refractivity contribution in [3.05, 3.63) is 5.89 Å². The third kappa shape index (κ3) is 1.91. The van der Waals surface area contributed by atoms with Crippen LogP contribution in [0.2, 0.25) is 0 Å². The first kappa shape index (κ1) is 8.00. The van der Waals surface area contributed by atoms with Crippen molar-refractivity contribution in [2.45, 2.75) is 25.8 Å². The van der Waals surface area contributed by atoms with Gasteiger partial charge in [0.05, 0.1) is 6.04 Å². The average Bonchev–Trinajstić information content (AvgIpc) is 2.36. The zero-order chi connectivity index (χ0) is 8.27. The van der Waals surface area contributed by atoms with Gasteiger partial charge in [-0.3, -0.25) is 0 Å². The highest BCUT2D eigenvalue weighted by Crippen LogP contribution is 2.13. The normalized spacial score (nSPS) is 13.3. The first-order valence-electron chi connectivity index (χ1n) is 3.58. The van der Waals surface area contributed by atoms with E-state index in [0.717, 1.165) is 12.8 Å². The second kappa shape index (κ2) is 3.34. The van der Waals surface area contributed by atoms with E-state index in [0.29, 0.717) is 5.89 Å². The van der Waals surface area contributed by atoms with Crippen molar-refractivity contribution in [3.8, 4) is 0 Å². The molecule has 1 rings (SSSR count). The van der Waals surface area contributed by atoms with Crippen LogP contribution in [0.3, 0.4) is 0 Å². The molecule has 1 aromatic rings. The van der Waals surface area contributed by atoms with Crippen molar-refractivity contribution < 1.29 is 4.52 Å². The minimum Gasteiger partial charge on any atom is -0.365 e. The fourth-order valence-electron chi connectivity index (χ4n) is 0.832. The van der Waals surface area contributed by atoms with Crippen LogP contribution in [0.1, 0.15) is 31.7 Å². The van der Waals surface area contributed by atoms with Crippen LogP contribution in [-0.4, -0.2) is 10.1 Å². The molecule has 0 saturated carbocycles. The first-order chi connectivity index (χ1) is 5.24. The largest absolute Gasteiger partial charge is 0.365 e. The molecule has 0 fully saturated rings. The summed E-state index contributed by atoms with van der Waals surface area (Å²) in [5.41, 5.74) is 10.9. The fraction of sp³-hybridized carbons (Fsp3) is 0.667. The summed E-state index contributed by atoms with van der Waals surface area (Å²) in [4.78, 5) is 3.80. The molecule has 1 heterocycles.